The highest BCUT2D eigenvalue weighted by Crippen LogP contribution is 2.12. The maximum Gasteiger partial charge on any atom is 0.323 e. The Hall–Kier alpha value is -1.10. The number of cyclic esters (lactones) is 1. The van der Waals surface area contributed by atoms with Crippen LogP contribution in [0.5, 0.6) is 0 Å². The van der Waals surface area contributed by atoms with E-state index in [2.05, 4.69) is 4.74 Å². The summed E-state index contributed by atoms with van der Waals surface area (Å²) in [5.41, 5.74) is 5.17. The molecule has 1 fully saturated rings. The summed E-state index contributed by atoms with van der Waals surface area (Å²) in [7, 11) is 0. The highest BCUT2D eigenvalue weighted by Gasteiger charge is 2.38. The van der Waals surface area contributed by atoms with E-state index in [0.717, 1.165) is 0 Å². The van der Waals surface area contributed by atoms with Crippen LogP contribution in [-0.4, -0.2) is 29.7 Å². The van der Waals surface area contributed by atoms with Gasteiger partial charge in [0, 0.05) is 0 Å². The highest BCUT2D eigenvalue weighted by molar-refractivity contribution is 5.86. The molecule has 0 saturated carbocycles. The number of hydrogen-bond donors (Lipinski definition) is 2. The van der Waals surface area contributed by atoms with Gasteiger partial charge in [0.2, 0.25) is 0 Å². The maximum absolute atomic E-state index is 10.5. The normalized spacial score (nSPS) is 31.9. The first-order chi connectivity index (χ1) is 4.63. The van der Waals surface area contributed by atoms with Crippen LogP contribution in [-0.2, 0) is 14.3 Å². The second-order valence-corrected chi connectivity index (χ2v) is 2.10. The van der Waals surface area contributed by atoms with Crippen LogP contribution in [0.15, 0.2) is 0 Å². The molecule has 0 aliphatic carbocycles. The second kappa shape index (κ2) is 2.26. The zero-order valence-corrected chi connectivity index (χ0v) is 5.11. The van der Waals surface area contributed by atoms with Crippen LogP contribution in [0.25, 0.3) is 0 Å². The van der Waals surface area contributed by atoms with Gasteiger partial charge in [-0.15, -0.1) is 0 Å². The first-order valence-corrected chi connectivity index (χ1v) is 2.78. The SMILES string of the molecule is NC1C(=O)OCC1C(=O)O. The number of carbonyl (C=O) groups excluding carboxylic acids is 1. The van der Waals surface area contributed by atoms with Crippen molar-refractivity contribution in [3.8, 4) is 0 Å². The van der Waals surface area contributed by atoms with Gasteiger partial charge in [0.1, 0.15) is 18.6 Å². The van der Waals surface area contributed by atoms with E-state index in [1.54, 1.807) is 0 Å². The Kier molecular flexibility index (Phi) is 1.58. The van der Waals surface area contributed by atoms with E-state index < -0.39 is 23.9 Å². The van der Waals surface area contributed by atoms with Crippen molar-refractivity contribution < 1.29 is 19.4 Å². The Morgan fingerprint density at radius 1 is 1.80 bits per heavy atom. The van der Waals surface area contributed by atoms with Crippen molar-refractivity contribution in [3.05, 3.63) is 0 Å². The van der Waals surface area contributed by atoms with Crippen LogP contribution in [0, 0.1) is 5.92 Å². The summed E-state index contributed by atoms with van der Waals surface area (Å²) in [6.07, 6.45) is 0. The minimum atomic E-state index is -1.08. The van der Waals surface area contributed by atoms with Crippen molar-refractivity contribution in [2.75, 3.05) is 6.61 Å². The number of esters is 1. The number of nitrogens with two attached hydrogens (primary N) is 1. The van der Waals surface area contributed by atoms with Gasteiger partial charge < -0.3 is 15.6 Å². The molecule has 0 aromatic heterocycles. The standard InChI is InChI=1S/C5H7NO4/c6-3-2(4(7)8)1-10-5(3)9/h2-3H,1,6H2,(H,7,8). The zero-order chi connectivity index (χ0) is 7.72. The molecule has 3 N–H and O–H groups in total. The van der Waals surface area contributed by atoms with Crippen molar-refractivity contribution >= 4 is 11.9 Å². The predicted octanol–water partition coefficient (Wildman–Crippen LogP) is -1.43. The molecular weight excluding hydrogens is 138 g/mol. The highest BCUT2D eigenvalue weighted by atomic mass is 16.5. The van der Waals surface area contributed by atoms with Crippen molar-refractivity contribution in [2.24, 2.45) is 11.7 Å². The lowest BCUT2D eigenvalue weighted by Gasteiger charge is -2.01. The Balaban J connectivity index is 2.66. The van der Waals surface area contributed by atoms with Crippen molar-refractivity contribution in [1.29, 1.82) is 0 Å². The molecule has 0 bridgehead atoms. The van der Waals surface area contributed by atoms with E-state index in [-0.39, 0.29) is 6.61 Å². The van der Waals surface area contributed by atoms with Gasteiger partial charge >= 0.3 is 11.9 Å². The zero-order valence-electron chi connectivity index (χ0n) is 5.11. The van der Waals surface area contributed by atoms with Gasteiger partial charge in [-0.3, -0.25) is 9.59 Å². The lowest BCUT2D eigenvalue weighted by Crippen LogP contribution is -2.36. The molecule has 0 aromatic rings. The van der Waals surface area contributed by atoms with Gasteiger partial charge in [0.15, 0.2) is 0 Å². The topological polar surface area (TPSA) is 89.6 Å². The van der Waals surface area contributed by atoms with Crippen LogP contribution in [0.4, 0.5) is 0 Å². The van der Waals surface area contributed by atoms with Gasteiger partial charge in [-0.2, -0.15) is 0 Å². The van der Waals surface area contributed by atoms with Crippen LogP contribution >= 0.6 is 0 Å². The minimum absolute atomic E-state index is 0.102. The van der Waals surface area contributed by atoms with Gasteiger partial charge in [-0.25, -0.2) is 0 Å². The summed E-state index contributed by atoms with van der Waals surface area (Å²) in [5, 5.41) is 8.39. The van der Waals surface area contributed by atoms with E-state index in [1.807, 2.05) is 0 Å². The molecule has 2 unspecified atom stereocenters. The molecule has 1 aliphatic heterocycles. The Labute approximate surface area is 56.8 Å². The molecule has 0 aromatic carbocycles. The smallest absolute Gasteiger partial charge is 0.323 e. The monoisotopic (exact) mass is 145 g/mol. The van der Waals surface area contributed by atoms with E-state index in [4.69, 9.17) is 10.8 Å². The largest absolute Gasteiger partial charge is 0.481 e. The van der Waals surface area contributed by atoms with Crippen LogP contribution in [0.2, 0.25) is 0 Å². The van der Waals surface area contributed by atoms with Crippen molar-refractivity contribution in [3.63, 3.8) is 0 Å². The van der Waals surface area contributed by atoms with Crippen molar-refractivity contribution in [2.45, 2.75) is 6.04 Å². The van der Waals surface area contributed by atoms with Gasteiger partial charge in [0.05, 0.1) is 0 Å². The first-order valence-electron chi connectivity index (χ1n) is 2.78. The Morgan fingerprint density at radius 3 is 2.60 bits per heavy atom. The fourth-order valence-electron chi connectivity index (χ4n) is 0.761. The van der Waals surface area contributed by atoms with E-state index in [0.29, 0.717) is 0 Å². The molecule has 1 aliphatic rings. The van der Waals surface area contributed by atoms with Gasteiger partial charge in [-0.05, 0) is 0 Å². The van der Waals surface area contributed by atoms with E-state index in [9.17, 15) is 9.59 Å². The summed E-state index contributed by atoms with van der Waals surface area (Å²) in [5.74, 6) is -2.58. The van der Waals surface area contributed by atoms with Crippen molar-refractivity contribution in [1.82, 2.24) is 0 Å². The Bertz CT molecular complexity index is 178. The molecule has 1 saturated heterocycles. The molecule has 1 heterocycles. The minimum Gasteiger partial charge on any atom is -0.481 e. The van der Waals surface area contributed by atoms with Crippen LogP contribution < -0.4 is 5.73 Å². The average molecular weight is 145 g/mol. The number of carbonyl (C=O) groups is 2. The predicted molar refractivity (Wildman–Crippen MR) is 30.1 cm³/mol. The summed E-state index contributed by atoms with van der Waals surface area (Å²) in [4.78, 5) is 20.7. The first kappa shape index (κ1) is 7.01. The lowest BCUT2D eigenvalue weighted by molar-refractivity contribution is -0.142. The molecule has 5 heteroatoms. The average Bonchev–Trinajstić information content (AvgIpc) is 2.14. The summed E-state index contributed by atoms with van der Waals surface area (Å²) in [6, 6.07) is -0.988. The van der Waals surface area contributed by atoms with E-state index >= 15 is 0 Å². The number of carboxylic acid groups (broad SMARTS) is 1. The maximum atomic E-state index is 10.5. The fraction of sp³-hybridized carbons (Fsp3) is 0.600. The molecule has 1 rings (SSSR count). The van der Waals surface area contributed by atoms with Crippen LogP contribution in [0.3, 0.4) is 0 Å². The second-order valence-electron chi connectivity index (χ2n) is 2.10. The molecule has 2 atom stereocenters. The van der Waals surface area contributed by atoms with Gasteiger partial charge in [0.25, 0.3) is 0 Å². The Morgan fingerprint density at radius 2 is 2.40 bits per heavy atom. The third kappa shape index (κ3) is 0.950. The summed E-state index contributed by atoms with van der Waals surface area (Å²) >= 11 is 0. The van der Waals surface area contributed by atoms with Gasteiger partial charge in [-0.1, -0.05) is 0 Å². The van der Waals surface area contributed by atoms with E-state index in [1.165, 1.54) is 0 Å². The molecule has 10 heavy (non-hydrogen) atoms. The summed E-state index contributed by atoms with van der Waals surface area (Å²) < 4.78 is 4.39. The third-order valence-corrected chi connectivity index (χ3v) is 1.43. The van der Waals surface area contributed by atoms with Crippen LogP contribution in [0.1, 0.15) is 0 Å². The molecule has 5 nitrogen and oxygen atoms in total. The quantitative estimate of drug-likeness (QED) is 0.441. The molecule has 0 radical (unpaired) electrons. The lowest BCUT2D eigenvalue weighted by atomic mass is 10.1. The molecule has 0 spiro atoms. The number of rotatable bonds is 1. The number of ether oxygens (including phenoxy) is 1. The molecular formula is C5H7NO4. The molecule has 56 valence electrons. The number of carboxylic acids is 1. The third-order valence-electron chi connectivity index (χ3n) is 1.43. The number of hydrogen-bond acceptors (Lipinski definition) is 4. The number of aliphatic carboxylic acids is 1. The summed E-state index contributed by atoms with van der Waals surface area (Å²) in [6.45, 7) is -0.102. The fourth-order valence-corrected chi connectivity index (χ4v) is 0.761. The molecule has 0 amide bonds.